The summed E-state index contributed by atoms with van der Waals surface area (Å²) in [7, 11) is 0. The van der Waals surface area contributed by atoms with Gasteiger partial charge in [0, 0.05) is 10.6 Å². The van der Waals surface area contributed by atoms with Gasteiger partial charge in [0.2, 0.25) is 6.10 Å². The van der Waals surface area contributed by atoms with Crippen LogP contribution in [-0.4, -0.2) is 5.97 Å². The van der Waals surface area contributed by atoms with E-state index in [9.17, 15) is 10.1 Å². The number of esters is 1. The van der Waals surface area contributed by atoms with Crippen LogP contribution < -0.4 is 4.74 Å². The molecule has 144 valence electrons. The van der Waals surface area contributed by atoms with Gasteiger partial charge < -0.3 is 9.47 Å². The molecule has 0 unspecified atom stereocenters. The highest BCUT2D eigenvalue weighted by atomic mass is 35.5. The van der Waals surface area contributed by atoms with E-state index in [0.717, 1.165) is 0 Å². The molecule has 0 heterocycles. The van der Waals surface area contributed by atoms with E-state index in [4.69, 9.17) is 21.1 Å². The molecule has 0 amide bonds. The van der Waals surface area contributed by atoms with E-state index in [-0.39, 0.29) is 23.2 Å². The number of hydrogen-bond donors (Lipinski definition) is 0. The lowest BCUT2D eigenvalue weighted by molar-refractivity contribution is -0.149. The molecule has 0 spiro atoms. The Bertz CT molecular complexity index is 926. The van der Waals surface area contributed by atoms with Gasteiger partial charge >= 0.3 is 5.97 Å². The molecule has 0 bridgehead atoms. The molecule has 1 aliphatic carbocycles. The van der Waals surface area contributed by atoms with Crippen molar-refractivity contribution in [1.29, 1.82) is 5.26 Å². The van der Waals surface area contributed by atoms with Crippen molar-refractivity contribution in [3.8, 4) is 17.6 Å². The van der Waals surface area contributed by atoms with Crippen LogP contribution in [0.1, 0.15) is 32.4 Å². The Morgan fingerprint density at radius 2 is 1.86 bits per heavy atom. The van der Waals surface area contributed by atoms with E-state index in [1.165, 1.54) is 0 Å². The molecule has 2 aromatic rings. The number of ether oxygens (including phenoxy) is 2. The van der Waals surface area contributed by atoms with Gasteiger partial charge in [-0.05, 0) is 42.5 Å². The van der Waals surface area contributed by atoms with Crippen molar-refractivity contribution in [3.05, 3.63) is 71.3 Å². The summed E-state index contributed by atoms with van der Waals surface area (Å²) in [6.07, 6.45) is 0.883. The zero-order valence-electron chi connectivity index (χ0n) is 16.1. The minimum Gasteiger partial charge on any atom is -0.457 e. The number of rotatable bonds is 6. The number of benzene rings is 2. The molecule has 2 aromatic carbocycles. The maximum Gasteiger partial charge on any atom is 0.311 e. The van der Waals surface area contributed by atoms with E-state index >= 15 is 0 Å². The van der Waals surface area contributed by atoms with Crippen LogP contribution in [0.3, 0.4) is 0 Å². The predicted molar refractivity (Wildman–Crippen MR) is 108 cm³/mol. The Morgan fingerprint density at radius 1 is 1.18 bits per heavy atom. The highest BCUT2D eigenvalue weighted by Crippen LogP contribution is 2.60. The standard InChI is InChI=1S/C23H22ClNO3/c1-15(24)12-19-21(23(19,2)3)22(26)28-20(14-25)16-8-7-11-18(13-16)27-17-9-5-4-6-10-17/h4-13,19-21H,1-3H3/b15-12-/t19-,20+,21-/m1/s1. The lowest BCUT2D eigenvalue weighted by Gasteiger charge is -2.13. The number of hydrogen-bond acceptors (Lipinski definition) is 4. The molecule has 4 nitrogen and oxygen atoms in total. The Morgan fingerprint density at radius 3 is 2.50 bits per heavy atom. The number of carbonyl (C=O) groups excluding carboxylic acids is 1. The van der Waals surface area contributed by atoms with Crippen LogP contribution in [0.4, 0.5) is 0 Å². The van der Waals surface area contributed by atoms with E-state index in [2.05, 4.69) is 6.07 Å². The average molecular weight is 396 g/mol. The van der Waals surface area contributed by atoms with Gasteiger partial charge in [-0.2, -0.15) is 5.26 Å². The van der Waals surface area contributed by atoms with Crippen LogP contribution in [0, 0.1) is 28.6 Å². The molecule has 1 fully saturated rings. The van der Waals surface area contributed by atoms with Gasteiger partial charge in [0.25, 0.3) is 0 Å². The Hall–Kier alpha value is -2.77. The summed E-state index contributed by atoms with van der Waals surface area (Å²) >= 11 is 5.97. The second kappa shape index (κ2) is 8.08. The summed E-state index contributed by atoms with van der Waals surface area (Å²) in [6, 6.07) is 18.4. The smallest absolute Gasteiger partial charge is 0.311 e. The van der Waals surface area contributed by atoms with Crippen LogP contribution in [-0.2, 0) is 9.53 Å². The van der Waals surface area contributed by atoms with Crippen LogP contribution in [0.25, 0.3) is 0 Å². The second-order valence-corrected chi connectivity index (χ2v) is 8.11. The molecule has 1 saturated carbocycles. The molecular formula is C23H22ClNO3. The summed E-state index contributed by atoms with van der Waals surface area (Å²) in [5.74, 6) is 0.594. The highest BCUT2D eigenvalue weighted by molar-refractivity contribution is 6.29. The zero-order chi connectivity index (χ0) is 20.3. The first kappa shape index (κ1) is 20.0. The molecule has 1 aliphatic rings. The fourth-order valence-corrected chi connectivity index (χ4v) is 3.55. The maximum atomic E-state index is 12.7. The van der Waals surface area contributed by atoms with E-state index in [1.807, 2.05) is 50.3 Å². The third-order valence-corrected chi connectivity index (χ3v) is 5.19. The first-order valence-electron chi connectivity index (χ1n) is 9.10. The van der Waals surface area contributed by atoms with Crippen molar-refractivity contribution in [2.45, 2.75) is 26.9 Å². The molecule has 0 aliphatic heterocycles. The van der Waals surface area contributed by atoms with Gasteiger partial charge in [-0.1, -0.05) is 61.9 Å². The number of nitriles is 1. The molecule has 3 rings (SSSR count). The Balaban J connectivity index is 1.72. The van der Waals surface area contributed by atoms with Gasteiger partial charge in [0.1, 0.15) is 17.6 Å². The number of carbonyl (C=O) groups is 1. The molecule has 0 radical (unpaired) electrons. The Kier molecular flexibility index (Phi) is 5.76. The SMILES string of the molecule is C/C(Cl)=C/[C@@H]1[C@H](C(=O)O[C@@H](C#N)c2cccc(Oc3ccccc3)c2)C1(C)C. The van der Waals surface area contributed by atoms with Crippen LogP contribution in [0.15, 0.2) is 65.7 Å². The van der Waals surface area contributed by atoms with Gasteiger partial charge in [0.05, 0.1) is 5.92 Å². The van der Waals surface area contributed by atoms with Gasteiger partial charge in [0.15, 0.2) is 0 Å². The summed E-state index contributed by atoms with van der Waals surface area (Å²) in [5, 5.41) is 10.2. The lowest BCUT2D eigenvalue weighted by Crippen LogP contribution is -2.14. The van der Waals surface area contributed by atoms with Crippen LogP contribution >= 0.6 is 11.6 Å². The third-order valence-electron chi connectivity index (χ3n) is 5.06. The number of halogens is 1. The molecule has 5 heteroatoms. The van der Waals surface area contributed by atoms with Crippen molar-refractivity contribution in [3.63, 3.8) is 0 Å². The van der Waals surface area contributed by atoms with Crippen LogP contribution in [0.5, 0.6) is 11.5 Å². The fourth-order valence-electron chi connectivity index (χ4n) is 3.41. The molecule has 28 heavy (non-hydrogen) atoms. The second-order valence-electron chi connectivity index (χ2n) is 7.51. The van der Waals surface area contributed by atoms with Crippen molar-refractivity contribution in [2.24, 2.45) is 17.3 Å². The van der Waals surface area contributed by atoms with Crippen molar-refractivity contribution in [2.75, 3.05) is 0 Å². The van der Waals surface area contributed by atoms with Gasteiger partial charge in [-0.15, -0.1) is 0 Å². The average Bonchev–Trinajstić information content (AvgIpc) is 3.20. The summed E-state index contributed by atoms with van der Waals surface area (Å²) in [4.78, 5) is 12.7. The highest BCUT2D eigenvalue weighted by Gasteiger charge is 2.61. The van der Waals surface area contributed by atoms with Crippen LogP contribution in [0.2, 0.25) is 0 Å². The molecule has 3 atom stereocenters. The number of para-hydroxylation sites is 1. The lowest BCUT2D eigenvalue weighted by atomic mass is 10.1. The molecule has 0 aromatic heterocycles. The molecule has 0 N–H and O–H groups in total. The summed E-state index contributed by atoms with van der Waals surface area (Å²) in [5.41, 5.74) is 0.342. The normalized spacial score (nSPS) is 21.3. The van der Waals surface area contributed by atoms with E-state index in [1.54, 1.807) is 31.2 Å². The monoisotopic (exact) mass is 395 g/mol. The van der Waals surface area contributed by atoms with Crippen molar-refractivity contribution in [1.82, 2.24) is 0 Å². The predicted octanol–water partition coefficient (Wildman–Crippen LogP) is 6.00. The topological polar surface area (TPSA) is 59.3 Å². The van der Waals surface area contributed by atoms with Gasteiger partial charge in [-0.3, -0.25) is 4.79 Å². The number of nitrogens with zero attached hydrogens (tertiary/aromatic N) is 1. The first-order valence-corrected chi connectivity index (χ1v) is 9.47. The van der Waals surface area contributed by atoms with E-state index < -0.39 is 6.10 Å². The summed E-state index contributed by atoms with van der Waals surface area (Å²) in [6.45, 7) is 5.78. The largest absolute Gasteiger partial charge is 0.457 e. The fraction of sp³-hybridized carbons (Fsp3) is 0.304. The van der Waals surface area contributed by atoms with Crippen molar-refractivity contribution < 1.29 is 14.3 Å². The minimum atomic E-state index is -0.995. The summed E-state index contributed by atoms with van der Waals surface area (Å²) < 4.78 is 11.3. The van der Waals surface area contributed by atoms with E-state index in [0.29, 0.717) is 22.1 Å². The third kappa shape index (κ3) is 4.37. The minimum absolute atomic E-state index is 0.0181. The molecule has 0 saturated heterocycles. The maximum absolute atomic E-state index is 12.7. The molecular weight excluding hydrogens is 374 g/mol. The number of allylic oxidation sites excluding steroid dienone is 2. The Labute approximate surface area is 170 Å². The van der Waals surface area contributed by atoms with Crippen molar-refractivity contribution >= 4 is 17.6 Å². The van der Waals surface area contributed by atoms with Gasteiger partial charge in [-0.25, -0.2) is 0 Å². The first-order chi connectivity index (χ1) is 13.3. The quantitative estimate of drug-likeness (QED) is 0.562. The zero-order valence-corrected chi connectivity index (χ0v) is 16.8.